The van der Waals surface area contributed by atoms with Crippen LogP contribution in [0.3, 0.4) is 0 Å². The molecule has 0 aliphatic rings. The van der Waals surface area contributed by atoms with E-state index in [1.165, 1.54) is 0 Å². The van der Waals surface area contributed by atoms with Crippen LogP contribution in [0.15, 0.2) is 36.5 Å². The van der Waals surface area contributed by atoms with E-state index in [-0.39, 0.29) is 0 Å². The summed E-state index contributed by atoms with van der Waals surface area (Å²) in [6, 6.07) is 10.1. The Bertz CT molecular complexity index is 775. The van der Waals surface area contributed by atoms with E-state index in [0.717, 1.165) is 39.4 Å². The smallest absolute Gasteiger partial charge is 0.132 e. The predicted octanol–water partition coefficient (Wildman–Crippen LogP) is 3.35. The van der Waals surface area contributed by atoms with E-state index in [0.29, 0.717) is 0 Å². The number of hydrogen-bond acceptors (Lipinski definition) is 4. The first kappa shape index (κ1) is 12.5. The number of nitrogens with one attached hydrogen (secondary N) is 1. The molecule has 0 amide bonds. The molecule has 0 spiro atoms. The maximum atomic E-state index is 4.62. The Balaban J connectivity index is 2.34. The number of nitrogens with zero attached hydrogens (tertiary/aromatic N) is 3. The minimum absolute atomic E-state index is 0.760. The van der Waals surface area contributed by atoms with Crippen LogP contribution in [0, 0.1) is 13.8 Å². The Labute approximate surface area is 117 Å². The molecule has 2 aromatic heterocycles. The molecule has 3 aromatic rings. The second-order valence-corrected chi connectivity index (χ2v) is 4.72. The van der Waals surface area contributed by atoms with Crippen LogP contribution in [0.1, 0.15) is 11.4 Å². The van der Waals surface area contributed by atoms with Gasteiger partial charge in [-0.1, -0.05) is 18.2 Å². The molecular formula is C16H16N4. The van der Waals surface area contributed by atoms with E-state index in [1.807, 2.05) is 45.3 Å². The zero-order valence-corrected chi connectivity index (χ0v) is 11.8. The minimum atomic E-state index is 0.760. The Morgan fingerprint density at radius 2 is 1.85 bits per heavy atom. The lowest BCUT2D eigenvalue weighted by Gasteiger charge is -2.12. The molecule has 0 bridgehead atoms. The highest BCUT2D eigenvalue weighted by Gasteiger charge is 2.12. The normalized spacial score (nSPS) is 10.8. The first-order chi connectivity index (χ1) is 9.70. The second-order valence-electron chi connectivity index (χ2n) is 4.72. The SMILES string of the molecule is CNc1nc(C)nc(-c2cccc3ncccc23)c1C. The quantitative estimate of drug-likeness (QED) is 0.771. The predicted molar refractivity (Wildman–Crippen MR) is 81.8 cm³/mol. The fourth-order valence-electron chi connectivity index (χ4n) is 2.44. The average Bonchev–Trinajstić information content (AvgIpc) is 2.48. The molecule has 0 aliphatic heterocycles. The molecule has 4 nitrogen and oxygen atoms in total. The summed E-state index contributed by atoms with van der Waals surface area (Å²) in [5, 5.41) is 4.24. The first-order valence-corrected chi connectivity index (χ1v) is 6.58. The van der Waals surface area contributed by atoms with Crippen LogP contribution in [0.25, 0.3) is 22.2 Å². The van der Waals surface area contributed by atoms with Gasteiger partial charge in [0.25, 0.3) is 0 Å². The van der Waals surface area contributed by atoms with Gasteiger partial charge in [0, 0.05) is 29.8 Å². The zero-order chi connectivity index (χ0) is 14.1. The van der Waals surface area contributed by atoms with E-state index < -0.39 is 0 Å². The van der Waals surface area contributed by atoms with E-state index >= 15 is 0 Å². The number of rotatable bonds is 2. The molecule has 1 aromatic carbocycles. The molecule has 2 heterocycles. The van der Waals surface area contributed by atoms with E-state index in [2.05, 4.69) is 32.4 Å². The van der Waals surface area contributed by atoms with Crippen molar-refractivity contribution in [2.75, 3.05) is 12.4 Å². The van der Waals surface area contributed by atoms with Gasteiger partial charge in [0.05, 0.1) is 11.2 Å². The highest BCUT2D eigenvalue weighted by atomic mass is 15.0. The van der Waals surface area contributed by atoms with Crippen molar-refractivity contribution in [3.8, 4) is 11.3 Å². The number of benzene rings is 1. The molecule has 0 atom stereocenters. The monoisotopic (exact) mass is 264 g/mol. The summed E-state index contributed by atoms with van der Waals surface area (Å²) in [5.74, 6) is 1.63. The van der Waals surface area contributed by atoms with E-state index in [4.69, 9.17) is 0 Å². The zero-order valence-electron chi connectivity index (χ0n) is 11.8. The van der Waals surface area contributed by atoms with Crippen LogP contribution < -0.4 is 5.32 Å². The highest BCUT2D eigenvalue weighted by molar-refractivity contribution is 5.94. The summed E-state index contributed by atoms with van der Waals surface area (Å²) < 4.78 is 0. The molecule has 0 saturated carbocycles. The molecule has 4 heteroatoms. The van der Waals surface area contributed by atoms with Crippen LogP contribution in [0.4, 0.5) is 5.82 Å². The van der Waals surface area contributed by atoms with Gasteiger partial charge in [0.1, 0.15) is 11.6 Å². The summed E-state index contributed by atoms with van der Waals surface area (Å²) in [7, 11) is 1.88. The van der Waals surface area contributed by atoms with E-state index in [1.54, 1.807) is 0 Å². The molecule has 0 aliphatic carbocycles. The van der Waals surface area contributed by atoms with Crippen LogP contribution in [0.5, 0.6) is 0 Å². The number of pyridine rings is 1. The van der Waals surface area contributed by atoms with Crippen LogP contribution in [0.2, 0.25) is 0 Å². The molecule has 0 fully saturated rings. The lowest BCUT2D eigenvalue weighted by Crippen LogP contribution is -2.03. The third-order valence-electron chi connectivity index (χ3n) is 3.40. The fourth-order valence-corrected chi connectivity index (χ4v) is 2.44. The molecule has 20 heavy (non-hydrogen) atoms. The largest absolute Gasteiger partial charge is 0.373 e. The van der Waals surface area contributed by atoms with Gasteiger partial charge in [-0.3, -0.25) is 4.98 Å². The molecule has 3 rings (SSSR count). The fraction of sp³-hybridized carbons (Fsp3) is 0.188. The van der Waals surface area contributed by atoms with Gasteiger partial charge in [-0.2, -0.15) is 0 Å². The number of fused-ring (bicyclic) bond motifs is 1. The maximum Gasteiger partial charge on any atom is 0.132 e. The van der Waals surface area contributed by atoms with Crippen molar-refractivity contribution in [2.24, 2.45) is 0 Å². The van der Waals surface area contributed by atoms with Crippen LogP contribution in [-0.4, -0.2) is 22.0 Å². The average molecular weight is 264 g/mol. The van der Waals surface area contributed by atoms with Crippen molar-refractivity contribution < 1.29 is 0 Å². The topological polar surface area (TPSA) is 50.7 Å². The van der Waals surface area contributed by atoms with Gasteiger partial charge in [0.15, 0.2) is 0 Å². The van der Waals surface area contributed by atoms with Crippen molar-refractivity contribution in [3.63, 3.8) is 0 Å². The Morgan fingerprint density at radius 3 is 2.65 bits per heavy atom. The number of aromatic nitrogens is 3. The minimum Gasteiger partial charge on any atom is -0.373 e. The molecule has 1 N–H and O–H groups in total. The molecule has 0 radical (unpaired) electrons. The molecule has 0 unspecified atom stereocenters. The summed E-state index contributed by atoms with van der Waals surface area (Å²) in [6.45, 7) is 3.95. The number of hydrogen-bond donors (Lipinski definition) is 1. The number of anilines is 1. The van der Waals surface area contributed by atoms with Crippen molar-refractivity contribution in [3.05, 3.63) is 47.9 Å². The Kier molecular flexibility index (Phi) is 3.06. The highest BCUT2D eigenvalue weighted by Crippen LogP contribution is 2.30. The second kappa shape index (κ2) is 4.89. The Hall–Kier alpha value is -2.49. The van der Waals surface area contributed by atoms with Crippen molar-refractivity contribution in [2.45, 2.75) is 13.8 Å². The standard InChI is InChI=1S/C16H16N4/c1-10-15(19-11(2)20-16(10)17-3)13-6-4-8-14-12(13)7-5-9-18-14/h4-9H,1-3H3,(H,17,19,20). The lowest BCUT2D eigenvalue weighted by atomic mass is 10.0. The lowest BCUT2D eigenvalue weighted by molar-refractivity contribution is 1.04. The van der Waals surface area contributed by atoms with Crippen molar-refractivity contribution in [1.82, 2.24) is 15.0 Å². The third kappa shape index (κ3) is 1.99. The van der Waals surface area contributed by atoms with Crippen molar-refractivity contribution >= 4 is 16.7 Å². The van der Waals surface area contributed by atoms with Crippen LogP contribution in [-0.2, 0) is 0 Å². The van der Waals surface area contributed by atoms with Gasteiger partial charge in [-0.25, -0.2) is 9.97 Å². The molecule has 0 saturated heterocycles. The van der Waals surface area contributed by atoms with E-state index in [9.17, 15) is 0 Å². The third-order valence-corrected chi connectivity index (χ3v) is 3.40. The molecule has 100 valence electrons. The van der Waals surface area contributed by atoms with Crippen molar-refractivity contribution in [1.29, 1.82) is 0 Å². The van der Waals surface area contributed by atoms with Gasteiger partial charge in [-0.05, 0) is 26.0 Å². The first-order valence-electron chi connectivity index (χ1n) is 6.58. The van der Waals surface area contributed by atoms with Crippen LogP contribution >= 0.6 is 0 Å². The van der Waals surface area contributed by atoms with Gasteiger partial charge >= 0.3 is 0 Å². The summed E-state index contributed by atoms with van der Waals surface area (Å²) in [6.07, 6.45) is 1.81. The molecular weight excluding hydrogens is 248 g/mol. The summed E-state index contributed by atoms with van der Waals surface area (Å²) in [5.41, 5.74) is 4.08. The van der Waals surface area contributed by atoms with Gasteiger partial charge in [-0.15, -0.1) is 0 Å². The number of aryl methyl sites for hydroxylation is 1. The summed E-state index contributed by atoms with van der Waals surface area (Å²) in [4.78, 5) is 13.4. The maximum absolute atomic E-state index is 4.62. The van der Waals surface area contributed by atoms with Gasteiger partial charge in [0.2, 0.25) is 0 Å². The summed E-state index contributed by atoms with van der Waals surface area (Å²) >= 11 is 0. The van der Waals surface area contributed by atoms with Gasteiger partial charge < -0.3 is 5.32 Å². The Morgan fingerprint density at radius 1 is 1.00 bits per heavy atom.